The molecule has 6 heteroatoms. The number of halogens is 1. The van der Waals surface area contributed by atoms with Gasteiger partial charge in [0.1, 0.15) is 4.47 Å². The van der Waals surface area contributed by atoms with Crippen LogP contribution in [0.15, 0.2) is 40.5 Å². The number of hydrogen-bond donors (Lipinski definition) is 0. The van der Waals surface area contributed by atoms with E-state index in [9.17, 15) is 4.79 Å². The molecule has 2 aromatic heterocycles. The van der Waals surface area contributed by atoms with Crippen LogP contribution < -0.4 is 5.56 Å². The minimum atomic E-state index is -0.0411. The first-order valence-corrected chi connectivity index (χ1v) is 5.72. The highest BCUT2D eigenvalue weighted by Gasteiger charge is 2.00. The van der Waals surface area contributed by atoms with Crippen LogP contribution in [-0.2, 0) is 13.1 Å². The molecule has 0 saturated heterocycles. The summed E-state index contributed by atoms with van der Waals surface area (Å²) >= 11 is 3.17. The minimum absolute atomic E-state index is 0.0411. The van der Waals surface area contributed by atoms with Crippen molar-refractivity contribution in [1.82, 2.24) is 19.1 Å². The molecule has 2 heterocycles. The molecule has 0 fully saturated rings. The topological polar surface area (TPSA) is 52.7 Å². The highest BCUT2D eigenvalue weighted by atomic mass is 79.9. The maximum Gasteiger partial charge on any atom is 0.267 e. The largest absolute Gasteiger partial charge is 0.337 e. The van der Waals surface area contributed by atoms with Gasteiger partial charge < -0.3 is 4.57 Å². The number of aromatic nitrogens is 4. The van der Waals surface area contributed by atoms with Gasteiger partial charge in [-0.3, -0.25) is 9.36 Å². The lowest BCUT2D eigenvalue weighted by atomic mass is 10.4. The van der Waals surface area contributed by atoms with E-state index in [0.717, 1.165) is 13.0 Å². The molecule has 2 rings (SSSR count). The highest BCUT2D eigenvalue weighted by molar-refractivity contribution is 9.10. The van der Waals surface area contributed by atoms with Gasteiger partial charge in [-0.05, 0) is 22.4 Å². The van der Waals surface area contributed by atoms with E-state index in [4.69, 9.17) is 0 Å². The molecule has 0 atom stereocenters. The summed E-state index contributed by atoms with van der Waals surface area (Å²) in [5.74, 6) is 0. The van der Waals surface area contributed by atoms with Gasteiger partial charge in [-0.25, -0.2) is 9.97 Å². The van der Waals surface area contributed by atoms with Crippen LogP contribution >= 0.6 is 15.9 Å². The normalized spacial score (nSPS) is 10.6. The van der Waals surface area contributed by atoms with Crippen molar-refractivity contribution in [3.05, 3.63) is 46.1 Å². The zero-order valence-electron chi connectivity index (χ0n) is 8.58. The summed E-state index contributed by atoms with van der Waals surface area (Å²) in [6.45, 7) is 1.50. The molecule has 0 radical (unpaired) electrons. The third kappa shape index (κ3) is 2.57. The fourth-order valence-electron chi connectivity index (χ4n) is 1.43. The third-order valence-electron chi connectivity index (χ3n) is 2.23. The summed E-state index contributed by atoms with van der Waals surface area (Å²) in [5, 5.41) is 0. The van der Waals surface area contributed by atoms with Gasteiger partial charge in [-0.15, -0.1) is 0 Å². The number of rotatable bonds is 4. The Morgan fingerprint density at radius 3 is 2.88 bits per heavy atom. The minimum Gasteiger partial charge on any atom is -0.337 e. The molecule has 0 aliphatic rings. The highest BCUT2D eigenvalue weighted by Crippen LogP contribution is 1.99. The lowest BCUT2D eigenvalue weighted by molar-refractivity contribution is 0.546. The van der Waals surface area contributed by atoms with Gasteiger partial charge >= 0.3 is 0 Å². The van der Waals surface area contributed by atoms with Crippen LogP contribution in [0.5, 0.6) is 0 Å². The summed E-state index contributed by atoms with van der Waals surface area (Å²) in [6, 6.07) is 0. The average molecular weight is 283 g/mol. The van der Waals surface area contributed by atoms with Crippen molar-refractivity contribution in [2.24, 2.45) is 0 Å². The number of imidazole rings is 1. The van der Waals surface area contributed by atoms with E-state index in [2.05, 4.69) is 25.9 Å². The van der Waals surface area contributed by atoms with Crippen LogP contribution in [0.1, 0.15) is 6.42 Å². The standard InChI is InChI=1S/C10H11BrN4O/c11-9-6-13-8-15(10(9)16)4-1-3-14-5-2-12-7-14/h2,5-8H,1,3-4H2. The predicted octanol–water partition coefficient (Wildman–Crippen LogP) is 1.29. The molecule has 0 aromatic carbocycles. The Kier molecular flexibility index (Phi) is 3.51. The van der Waals surface area contributed by atoms with Crippen LogP contribution in [0.4, 0.5) is 0 Å². The second-order valence-electron chi connectivity index (χ2n) is 3.39. The van der Waals surface area contributed by atoms with Crippen molar-refractivity contribution >= 4 is 15.9 Å². The Labute approximate surface area is 101 Å². The molecule has 0 N–H and O–H groups in total. The van der Waals surface area contributed by atoms with E-state index in [1.807, 2.05) is 10.8 Å². The van der Waals surface area contributed by atoms with Crippen LogP contribution in [0.3, 0.4) is 0 Å². The van der Waals surface area contributed by atoms with Crippen LogP contribution in [-0.4, -0.2) is 19.1 Å². The molecule has 0 aliphatic heterocycles. The molecule has 16 heavy (non-hydrogen) atoms. The Morgan fingerprint density at radius 2 is 2.12 bits per heavy atom. The smallest absolute Gasteiger partial charge is 0.267 e. The predicted molar refractivity (Wildman–Crippen MR) is 63.0 cm³/mol. The quantitative estimate of drug-likeness (QED) is 0.849. The van der Waals surface area contributed by atoms with Crippen molar-refractivity contribution in [1.29, 1.82) is 0 Å². The lowest BCUT2D eigenvalue weighted by Gasteiger charge is -2.05. The summed E-state index contributed by atoms with van der Waals surface area (Å²) in [5.41, 5.74) is -0.0411. The Balaban J connectivity index is 1.95. The number of aryl methyl sites for hydroxylation is 2. The second kappa shape index (κ2) is 5.07. The summed E-state index contributed by atoms with van der Waals surface area (Å²) in [4.78, 5) is 19.5. The van der Waals surface area contributed by atoms with Crippen molar-refractivity contribution < 1.29 is 0 Å². The summed E-state index contributed by atoms with van der Waals surface area (Å²) < 4.78 is 4.08. The zero-order valence-corrected chi connectivity index (χ0v) is 10.2. The molecule has 84 valence electrons. The first-order chi connectivity index (χ1) is 7.77. The SMILES string of the molecule is O=c1c(Br)cncn1CCCn1ccnc1. The molecular formula is C10H11BrN4O. The van der Waals surface area contributed by atoms with E-state index in [-0.39, 0.29) is 5.56 Å². The van der Waals surface area contributed by atoms with E-state index < -0.39 is 0 Å². The maximum atomic E-state index is 11.6. The second-order valence-corrected chi connectivity index (χ2v) is 4.25. The molecular weight excluding hydrogens is 272 g/mol. The molecule has 0 aliphatic carbocycles. The van der Waals surface area contributed by atoms with Gasteiger partial charge in [-0.1, -0.05) is 0 Å². The van der Waals surface area contributed by atoms with Crippen molar-refractivity contribution in [3.8, 4) is 0 Å². The molecule has 0 spiro atoms. The maximum absolute atomic E-state index is 11.6. The van der Waals surface area contributed by atoms with Crippen LogP contribution in [0.25, 0.3) is 0 Å². The molecule has 5 nitrogen and oxygen atoms in total. The lowest BCUT2D eigenvalue weighted by Crippen LogP contribution is -2.21. The molecule has 0 amide bonds. The van der Waals surface area contributed by atoms with Crippen LogP contribution in [0, 0.1) is 0 Å². The Morgan fingerprint density at radius 1 is 1.25 bits per heavy atom. The van der Waals surface area contributed by atoms with E-state index in [1.165, 1.54) is 6.20 Å². The first kappa shape index (κ1) is 11.1. The van der Waals surface area contributed by atoms with Crippen molar-refractivity contribution in [2.45, 2.75) is 19.5 Å². The van der Waals surface area contributed by atoms with E-state index in [1.54, 1.807) is 23.4 Å². The van der Waals surface area contributed by atoms with Gasteiger partial charge in [0.15, 0.2) is 0 Å². The molecule has 0 unspecified atom stereocenters. The van der Waals surface area contributed by atoms with Gasteiger partial charge in [0.25, 0.3) is 5.56 Å². The summed E-state index contributed by atoms with van der Waals surface area (Å²) in [7, 11) is 0. The van der Waals surface area contributed by atoms with Gasteiger partial charge in [0.2, 0.25) is 0 Å². The Bertz CT molecular complexity index is 506. The first-order valence-electron chi connectivity index (χ1n) is 4.93. The van der Waals surface area contributed by atoms with Gasteiger partial charge in [0.05, 0.1) is 12.7 Å². The average Bonchev–Trinajstić information content (AvgIpc) is 2.77. The zero-order chi connectivity index (χ0) is 11.4. The van der Waals surface area contributed by atoms with Crippen LogP contribution in [0.2, 0.25) is 0 Å². The van der Waals surface area contributed by atoms with Crippen molar-refractivity contribution in [3.63, 3.8) is 0 Å². The fourth-order valence-corrected chi connectivity index (χ4v) is 1.77. The van der Waals surface area contributed by atoms with E-state index in [0.29, 0.717) is 11.0 Å². The number of hydrogen-bond acceptors (Lipinski definition) is 3. The molecule has 0 bridgehead atoms. The Hall–Kier alpha value is -1.43. The molecule has 2 aromatic rings. The monoisotopic (exact) mass is 282 g/mol. The summed E-state index contributed by atoms with van der Waals surface area (Å²) in [6.07, 6.45) is 9.35. The van der Waals surface area contributed by atoms with Gasteiger partial charge in [-0.2, -0.15) is 0 Å². The van der Waals surface area contributed by atoms with Gasteiger partial charge in [0, 0.05) is 31.7 Å². The van der Waals surface area contributed by atoms with Crippen molar-refractivity contribution in [2.75, 3.05) is 0 Å². The number of nitrogens with zero attached hydrogens (tertiary/aromatic N) is 4. The van der Waals surface area contributed by atoms with E-state index >= 15 is 0 Å². The third-order valence-corrected chi connectivity index (χ3v) is 2.78. The fraction of sp³-hybridized carbons (Fsp3) is 0.300. The molecule has 0 saturated carbocycles.